The number of anilines is 1. The van der Waals surface area contributed by atoms with Crippen LogP contribution in [0.1, 0.15) is 6.92 Å². The highest BCUT2D eigenvalue weighted by Gasteiger charge is 1.96. The monoisotopic (exact) mass is 188 g/mol. The van der Waals surface area contributed by atoms with Crippen LogP contribution in [0, 0.1) is 0 Å². The second kappa shape index (κ2) is 3.74. The van der Waals surface area contributed by atoms with Gasteiger partial charge >= 0.3 is 0 Å². The van der Waals surface area contributed by atoms with Gasteiger partial charge in [0.05, 0.1) is 0 Å². The first-order valence-corrected chi connectivity index (χ1v) is 4.43. The molecular formula is C7H9ClN2S. The Hall–Kier alpha value is -0.540. The van der Waals surface area contributed by atoms with Crippen molar-refractivity contribution >= 4 is 28.1 Å². The second-order valence-corrected chi connectivity index (χ2v) is 3.53. The summed E-state index contributed by atoms with van der Waals surface area (Å²) in [6, 6.07) is 0. The first kappa shape index (κ1) is 8.56. The predicted octanol–water partition coefficient (Wildman–Crippen LogP) is 2.78. The van der Waals surface area contributed by atoms with Gasteiger partial charge in [0.15, 0.2) is 5.13 Å². The summed E-state index contributed by atoms with van der Waals surface area (Å²) in [6.07, 6.45) is 0. The van der Waals surface area contributed by atoms with Crippen molar-refractivity contribution in [1.29, 1.82) is 0 Å². The van der Waals surface area contributed by atoms with Crippen LogP contribution in [0.5, 0.6) is 0 Å². The molecule has 0 aliphatic rings. The summed E-state index contributed by atoms with van der Waals surface area (Å²) in [5, 5.41) is 6.27. The number of hydrogen-bond acceptors (Lipinski definition) is 3. The lowest BCUT2D eigenvalue weighted by Crippen LogP contribution is -2.00. The largest absolute Gasteiger partial charge is 0.358 e. The molecule has 0 atom stereocenters. The molecule has 0 aliphatic carbocycles. The van der Waals surface area contributed by atoms with Gasteiger partial charge in [-0.2, -0.15) is 0 Å². The smallest absolute Gasteiger partial charge is 0.184 e. The second-order valence-electron chi connectivity index (χ2n) is 2.29. The van der Waals surface area contributed by atoms with Crippen LogP contribution in [0.25, 0.3) is 0 Å². The van der Waals surface area contributed by atoms with Crippen molar-refractivity contribution in [2.45, 2.75) is 6.92 Å². The molecule has 1 rings (SSSR count). The SMILES string of the molecule is C=C(C)CNc1nc(Cl)cs1. The van der Waals surface area contributed by atoms with Crippen LogP contribution < -0.4 is 5.32 Å². The van der Waals surface area contributed by atoms with E-state index in [2.05, 4.69) is 16.9 Å². The molecule has 0 saturated heterocycles. The molecule has 1 heterocycles. The zero-order valence-corrected chi connectivity index (χ0v) is 7.80. The van der Waals surface area contributed by atoms with Gasteiger partial charge in [0.1, 0.15) is 5.15 Å². The summed E-state index contributed by atoms with van der Waals surface area (Å²) in [5.41, 5.74) is 1.08. The molecule has 0 aromatic carbocycles. The average molecular weight is 189 g/mol. The molecule has 4 heteroatoms. The zero-order chi connectivity index (χ0) is 8.27. The third-order valence-electron chi connectivity index (χ3n) is 1.02. The number of nitrogens with one attached hydrogen (secondary N) is 1. The van der Waals surface area contributed by atoms with E-state index in [-0.39, 0.29) is 0 Å². The van der Waals surface area contributed by atoms with Gasteiger partial charge < -0.3 is 5.32 Å². The van der Waals surface area contributed by atoms with Crippen LogP contribution >= 0.6 is 22.9 Å². The van der Waals surface area contributed by atoms with Crippen molar-refractivity contribution < 1.29 is 0 Å². The Balaban J connectivity index is 2.45. The van der Waals surface area contributed by atoms with Crippen LogP contribution in [-0.2, 0) is 0 Å². The van der Waals surface area contributed by atoms with Crippen molar-refractivity contribution in [1.82, 2.24) is 4.98 Å². The summed E-state index contributed by atoms with van der Waals surface area (Å²) in [6.45, 7) is 6.47. The van der Waals surface area contributed by atoms with Crippen molar-refractivity contribution in [2.24, 2.45) is 0 Å². The van der Waals surface area contributed by atoms with Gasteiger partial charge in [0.25, 0.3) is 0 Å². The quantitative estimate of drug-likeness (QED) is 0.738. The minimum absolute atomic E-state index is 0.541. The van der Waals surface area contributed by atoms with E-state index >= 15 is 0 Å². The van der Waals surface area contributed by atoms with Gasteiger partial charge in [-0.1, -0.05) is 23.8 Å². The molecule has 1 aromatic rings. The fourth-order valence-electron chi connectivity index (χ4n) is 0.562. The first-order valence-electron chi connectivity index (χ1n) is 3.18. The van der Waals surface area contributed by atoms with Crippen LogP contribution in [0.4, 0.5) is 5.13 Å². The summed E-state index contributed by atoms with van der Waals surface area (Å²) in [7, 11) is 0. The maximum absolute atomic E-state index is 5.61. The highest BCUT2D eigenvalue weighted by molar-refractivity contribution is 7.14. The van der Waals surface area contributed by atoms with E-state index in [9.17, 15) is 0 Å². The van der Waals surface area contributed by atoms with E-state index in [1.54, 1.807) is 5.38 Å². The summed E-state index contributed by atoms with van der Waals surface area (Å²) in [4.78, 5) is 4.01. The molecule has 1 N–H and O–H groups in total. The van der Waals surface area contributed by atoms with Crippen LogP contribution in [0.2, 0.25) is 5.15 Å². The van der Waals surface area contributed by atoms with E-state index in [4.69, 9.17) is 11.6 Å². The van der Waals surface area contributed by atoms with Crippen molar-refractivity contribution in [3.05, 3.63) is 22.7 Å². The predicted molar refractivity (Wildman–Crippen MR) is 50.4 cm³/mol. The summed E-state index contributed by atoms with van der Waals surface area (Å²) in [5.74, 6) is 0. The third-order valence-corrected chi connectivity index (χ3v) is 2.14. The van der Waals surface area contributed by atoms with Gasteiger partial charge in [0.2, 0.25) is 0 Å². The molecule has 0 amide bonds. The van der Waals surface area contributed by atoms with E-state index in [0.717, 1.165) is 17.2 Å². The lowest BCUT2D eigenvalue weighted by Gasteiger charge is -1.99. The van der Waals surface area contributed by atoms with Crippen LogP contribution in [0.3, 0.4) is 0 Å². The fraction of sp³-hybridized carbons (Fsp3) is 0.286. The normalized spacial score (nSPS) is 9.64. The Morgan fingerprint density at radius 2 is 2.64 bits per heavy atom. The fourth-order valence-corrected chi connectivity index (χ4v) is 1.40. The molecule has 0 unspecified atom stereocenters. The lowest BCUT2D eigenvalue weighted by molar-refractivity contribution is 1.20. The molecule has 0 saturated carbocycles. The summed E-state index contributed by atoms with van der Waals surface area (Å²) >= 11 is 7.11. The minimum atomic E-state index is 0.541. The van der Waals surface area contributed by atoms with Crippen molar-refractivity contribution in [3.63, 3.8) is 0 Å². The molecule has 1 aromatic heterocycles. The standard InChI is InChI=1S/C7H9ClN2S/c1-5(2)3-9-7-10-6(8)4-11-7/h4H,1,3H2,2H3,(H,9,10). The molecule has 60 valence electrons. The van der Waals surface area contributed by atoms with Crippen LogP contribution in [0.15, 0.2) is 17.5 Å². The highest BCUT2D eigenvalue weighted by Crippen LogP contribution is 2.18. The number of thiazole rings is 1. The molecule has 2 nitrogen and oxygen atoms in total. The van der Waals surface area contributed by atoms with Gasteiger partial charge in [-0.05, 0) is 6.92 Å². The van der Waals surface area contributed by atoms with E-state index in [1.165, 1.54) is 11.3 Å². The topological polar surface area (TPSA) is 24.9 Å². The summed E-state index contributed by atoms with van der Waals surface area (Å²) < 4.78 is 0. The van der Waals surface area contributed by atoms with Crippen molar-refractivity contribution in [2.75, 3.05) is 11.9 Å². The van der Waals surface area contributed by atoms with Gasteiger partial charge in [-0.25, -0.2) is 4.98 Å². The van der Waals surface area contributed by atoms with Crippen molar-refractivity contribution in [3.8, 4) is 0 Å². The highest BCUT2D eigenvalue weighted by atomic mass is 35.5. The Labute approximate surface area is 74.9 Å². The Morgan fingerprint density at radius 1 is 1.91 bits per heavy atom. The Morgan fingerprint density at radius 3 is 3.09 bits per heavy atom. The number of aromatic nitrogens is 1. The van der Waals surface area contributed by atoms with E-state index < -0.39 is 0 Å². The number of rotatable bonds is 3. The first-order chi connectivity index (χ1) is 5.18. The molecule has 11 heavy (non-hydrogen) atoms. The third kappa shape index (κ3) is 2.91. The number of halogens is 1. The van der Waals surface area contributed by atoms with Gasteiger partial charge in [-0.3, -0.25) is 0 Å². The molecule has 0 bridgehead atoms. The maximum atomic E-state index is 5.61. The average Bonchev–Trinajstić information content (AvgIpc) is 2.31. The van der Waals surface area contributed by atoms with E-state index in [0.29, 0.717) is 5.15 Å². The number of nitrogens with zero attached hydrogens (tertiary/aromatic N) is 1. The van der Waals surface area contributed by atoms with Gasteiger partial charge in [0, 0.05) is 11.9 Å². The van der Waals surface area contributed by atoms with E-state index in [1.807, 2.05) is 6.92 Å². The molecule has 0 fully saturated rings. The van der Waals surface area contributed by atoms with Gasteiger partial charge in [-0.15, -0.1) is 11.3 Å². The molecule has 0 aliphatic heterocycles. The maximum Gasteiger partial charge on any atom is 0.184 e. The number of hydrogen-bond donors (Lipinski definition) is 1. The lowest BCUT2D eigenvalue weighted by atomic mass is 10.4. The molecule has 0 radical (unpaired) electrons. The molecule has 0 spiro atoms. The zero-order valence-electron chi connectivity index (χ0n) is 6.22. The van der Waals surface area contributed by atoms with Crippen LogP contribution in [-0.4, -0.2) is 11.5 Å². The Bertz CT molecular complexity index is 257. The molecular weight excluding hydrogens is 180 g/mol. The minimum Gasteiger partial charge on any atom is -0.358 e. The Kier molecular flexibility index (Phi) is 2.91.